The first-order valence-corrected chi connectivity index (χ1v) is 7.13. The summed E-state index contributed by atoms with van der Waals surface area (Å²) >= 11 is 0. The number of carbonyl (C=O) groups is 1. The molecule has 122 valence electrons. The Kier molecular flexibility index (Phi) is 5.08. The van der Waals surface area contributed by atoms with Gasteiger partial charge in [-0.3, -0.25) is 9.69 Å². The molecule has 4 nitrogen and oxygen atoms in total. The summed E-state index contributed by atoms with van der Waals surface area (Å²) in [6.45, 7) is 5.39. The first-order valence-electron chi connectivity index (χ1n) is 7.13. The van der Waals surface area contributed by atoms with Gasteiger partial charge in [0, 0.05) is 38.4 Å². The third-order valence-corrected chi connectivity index (χ3v) is 4.04. The molecule has 22 heavy (non-hydrogen) atoms. The van der Waals surface area contributed by atoms with Crippen LogP contribution in [0.2, 0.25) is 0 Å². The molecule has 0 unspecified atom stereocenters. The van der Waals surface area contributed by atoms with Crippen LogP contribution in [0.3, 0.4) is 0 Å². The van der Waals surface area contributed by atoms with Crippen LogP contribution < -0.4 is 5.32 Å². The second-order valence-corrected chi connectivity index (χ2v) is 5.65. The van der Waals surface area contributed by atoms with Crippen molar-refractivity contribution in [2.24, 2.45) is 0 Å². The van der Waals surface area contributed by atoms with E-state index in [1.165, 1.54) is 6.92 Å². The van der Waals surface area contributed by atoms with Crippen LogP contribution in [0.15, 0.2) is 12.1 Å². The van der Waals surface area contributed by atoms with Gasteiger partial charge in [-0.05, 0) is 37.2 Å². The molecule has 1 aromatic carbocycles. The van der Waals surface area contributed by atoms with Gasteiger partial charge in [0.15, 0.2) is 0 Å². The first-order chi connectivity index (χ1) is 10.3. The number of nitrogens with one attached hydrogen (secondary N) is 1. The Hall–Kier alpha value is -1.60. The number of piperazine rings is 1. The lowest BCUT2D eigenvalue weighted by Crippen LogP contribution is -2.44. The van der Waals surface area contributed by atoms with Crippen molar-refractivity contribution >= 4 is 12.1 Å². The second kappa shape index (κ2) is 6.66. The highest BCUT2D eigenvalue weighted by Crippen LogP contribution is 2.35. The van der Waals surface area contributed by atoms with Gasteiger partial charge in [-0.25, -0.2) is 0 Å². The lowest BCUT2D eigenvalue weighted by atomic mass is 10.00. The molecule has 1 aliphatic rings. The smallest absolute Gasteiger partial charge is 0.329 e. The van der Waals surface area contributed by atoms with Crippen LogP contribution in [0.5, 0.6) is 0 Å². The number of benzene rings is 1. The van der Waals surface area contributed by atoms with Crippen LogP contribution in [-0.4, -0.2) is 49.4 Å². The molecule has 0 atom stereocenters. The number of halogens is 3. The van der Waals surface area contributed by atoms with E-state index in [-0.39, 0.29) is 11.3 Å². The van der Waals surface area contributed by atoms with Crippen LogP contribution in [0.1, 0.15) is 16.7 Å². The van der Waals surface area contributed by atoms with Crippen LogP contribution in [0.25, 0.3) is 0 Å². The van der Waals surface area contributed by atoms with Gasteiger partial charge in [-0.1, -0.05) is 0 Å². The van der Waals surface area contributed by atoms with Gasteiger partial charge in [0.25, 0.3) is 0 Å². The van der Waals surface area contributed by atoms with Crippen molar-refractivity contribution in [2.45, 2.75) is 19.6 Å². The Morgan fingerprint density at radius 2 is 1.86 bits per heavy atom. The number of likely N-dealkylation sites (N-methyl/N-ethyl adjacent to an activating group) is 1. The van der Waals surface area contributed by atoms with Gasteiger partial charge < -0.3 is 10.2 Å². The molecule has 1 aliphatic heterocycles. The van der Waals surface area contributed by atoms with E-state index >= 15 is 0 Å². The topological polar surface area (TPSA) is 35.6 Å². The summed E-state index contributed by atoms with van der Waals surface area (Å²) in [5.74, 6) is 0. The van der Waals surface area contributed by atoms with E-state index in [2.05, 4.69) is 15.1 Å². The number of alkyl halides is 3. The van der Waals surface area contributed by atoms with Crippen molar-refractivity contribution in [2.75, 3.05) is 38.5 Å². The van der Waals surface area contributed by atoms with Crippen LogP contribution in [-0.2, 0) is 17.5 Å². The number of carbonyl (C=O) groups excluding carboxylic acids is 1. The molecule has 0 aromatic heterocycles. The Bertz CT molecular complexity index is 538. The molecule has 7 heteroatoms. The van der Waals surface area contributed by atoms with E-state index in [1.54, 1.807) is 6.07 Å². The molecule has 0 bridgehead atoms. The standard InChI is InChI=1S/C15H20F3N3O/c1-11-12(9-21-5-3-20(2)4-6-21)7-13(19-10-22)8-14(11)15(16,17)18/h7-8,10H,3-6,9H2,1-2H3,(H,19,22). The average molecular weight is 315 g/mol. The third kappa shape index (κ3) is 3.98. The van der Waals surface area contributed by atoms with Crippen molar-refractivity contribution in [3.63, 3.8) is 0 Å². The fourth-order valence-corrected chi connectivity index (χ4v) is 2.63. The summed E-state index contributed by atoms with van der Waals surface area (Å²) in [5, 5.41) is 2.32. The Balaban J connectivity index is 2.28. The maximum Gasteiger partial charge on any atom is 0.416 e. The molecule has 1 amide bonds. The number of hydrogen-bond donors (Lipinski definition) is 1. The van der Waals surface area contributed by atoms with Crippen molar-refractivity contribution in [3.05, 3.63) is 28.8 Å². The fourth-order valence-electron chi connectivity index (χ4n) is 2.63. The predicted molar refractivity (Wildman–Crippen MR) is 78.6 cm³/mol. The highest BCUT2D eigenvalue weighted by Gasteiger charge is 2.34. The van der Waals surface area contributed by atoms with Crippen molar-refractivity contribution < 1.29 is 18.0 Å². The normalized spacial score (nSPS) is 17.5. The minimum atomic E-state index is -4.43. The van der Waals surface area contributed by atoms with Gasteiger partial charge in [-0.15, -0.1) is 0 Å². The van der Waals surface area contributed by atoms with Crippen LogP contribution in [0.4, 0.5) is 18.9 Å². The summed E-state index contributed by atoms with van der Waals surface area (Å²) in [4.78, 5) is 14.9. The Labute approximate surface area is 127 Å². The number of hydrogen-bond acceptors (Lipinski definition) is 3. The van der Waals surface area contributed by atoms with Gasteiger partial charge in [0.1, 0.15) is 0 Å². The number of rotatable bonds is 4. The fraction of sp³-hybridized carbons (Fsp3) is 0.533. The molecule has 2 rings (SSSR count). The molecule has 1 fully saturated rings. The molecule has 1 aromatic rings. The zero-order valence-electron chi connectivity index (χ0n) is 12.7. The maximum absolute atomic E-state index is 13.1. The van der Waals surface area contributed by atoms with E-state index in [9.17, 15) is 18.0 Å². The van der Waals surface area contributed by atoms with Crippen molar-refractivity contribution in [1.82, 2.24) is 9.80 Å². The number of anilines is 1. The Morgan fingerprint density at radius 1 is 1.23 bits per heavy atom. The quantitative estimate of drug-likeness (QED) is 0.866. The maximum atomic E-state index is 13.1. The van der Waals surface area contributed by atoms with Crippen molar-refractivity contribution in [3.8, 4) is 0 Å². The molecule has 0 spiro atoms. The summed E-state index contributed by atoms with van der Waals surface area (Å²) in [5.41, 5.74) is 0.312. The largest absolute Gasteiger partial charge is 0.416 e. The van der Waals surface area contributed by atoms with Gasteiger partial charge in [-0.2, -0.15) is 13.2 Å². The van der Waals surface area contributed by atoms with E-state index in [0.717, 1.165) is 32.2 Å². The highest BCUT2D eigenvalue weighted by atomic mass is 19.4. The SMILES string of the molecule is Cc1c(CN2CCN(C)CC2)cc(NC=O)cc1C(F)(F)F. The number of nitrogens with zero attached hydrogens (tertiary/aromatic N) is 2. The minimum Gasteiger partial charge on any atom is -0.329 e. The lowest BCUT2D eigenvalue weighted by molar-refractivity contribution is -0.138. The molecule has 1 N–H and O–H groups in total. The molecule has 0 saturated carbocycles. The van der Waals surface area contributed by atoms with E-state index in [4.69, 9.17) is 0 Å². The average Bonchev–Trinajstić information content (AvgIpc) is 2.43. The summed E-state index contributed by atoms with van der Waals surface area (Å²) < 4.78 is 39.4. The first kappa shape index (κ1) is 16.8. The molecular formula is C15H20F3N3O. The zero-order valence-corrected chi connectivity index (χ0v) is 12.7. The summed E-state index contributed by atoms with van der Waals surface area (Å²) in [6, 6.07) is 2.61. The van der Waals surface area contributed by atoms with Crippen molar-refractivity contribution in [1.29, 1.82) is 0 Å². The second-order valence-electron chi connectivity index (χ2n) is 5.65. The van der Waals surface area contributed by atoms with E-state index in [1.807, 2.05) is 7.05 Å². The van der Waals surface area contributed by atoms with Gasteiger partial charge in [0.2, 0.25) is 6.41 Å². The molecule has 0 aliphatic carbocycles. The van der Waals surface area contributed by atoms with Gasteiger partial charge >= 0.3 is 6.18 Å². The summed E-state index contributed by atoms with van der Waals surface area (Å²) in [6.07, 6.45) is -4.04. The monoisotopic (exact) mass is 315 g/mol. The predicted octanol–water partition coefficient (Wildman–Crippen LogP) is 2.33. The van der Waals surface area contributed by atoms with Gasteiger partial charge in [0.05, 0.1) is 5.56 Å². The lowest BCUT2D eigenvalue weighted by Gasteiger charge is -2.33. The van der Waals surface area contributed by atoms with Crippen LogP contribution in [0, 0.1) is 6.92 Å². The zero-order chi connectivity index (χ0) is 16.3. The molecule has 1 saturated heterocycles. The number of amides is 1. The van der Waals surface area contributed by atoms with E-state index < -0.39 is 11.7 Å². The highest BCUT2D eigenvalue weighted by molar-refractivity contribution is 5.72. The molecule has 0 radical (unpaired) electrons. The van der Waals surface area contributed by atoms with E-state index in [0.29, 0.717) is 18.5 Å². The summed E-state index contributed by atoms with van der Waals surface area (Å²) in [7, 11) is 2.03. The third-order valence-electron chi connectivity index (χ3n) is 4.04. The molecule has 1 heterocycles. The molecular weight excluding hydrogens is 295 g/mol. The minimum absolute atomic E-state index is 0.178. The Morgan fingerprint density at radius 3 is 2.41 bits per heavy atom. The van der Waals surface area contributed by atoms with Crippen LogP contribution >= 0.6 is 0 Å².